The second-order valence-corrected chi connectivity index (χ2v) is 1.57. The molecule has 0 fully saturated rings. The monoisotopic (exact) mass is 126 g/mol. The lowest BCUT2D eigenvalue weighted by Gasteiger charge is -2.04. The Labute approximate surface area is 51.5 Å². The number of hydrogen-bond acceptors (Lipinski definition) is 5. The number of Topliss-reactive ketones (excluding diaryl/α,β-unsaturated/α-hetero) is 1. The topological polar surface area (TPSA) is 93.8 Å². The van der Waals surface area contributed by atoms with Gasteiger partial charge in [0, 0.05) is 0 Å². The van der Waals surface area contributed by atoms with Gasteiger partial charge in [-0.05, 0) is 0 Å². The van der Waals surface area contributed by atoms with Crippen molar-refractivity contribution in [2.24, 2.45) is 21.5 Å². The van der Waals surface area contributed by atoms with Crippen LogP contribution in [-0.2, 0) is 4.79 Å². The molecule has 0 saturated heterocycles. The average Bonchev–Trinajstić information content (AvgIpc) is 1.80. The Morgan fingerprint density at radius 2 is 2.33 bits per heavy atom. The fraction of sp³-hybridized carbons (Fsp3) is 0.250. The maximum absolute atomic E-state index is 10.5. The molecule has 0 bridgehead atoms. The second-order valence-electron chi connectivity index (χ2n) is 1.57. The van der Waals surface area contributed by atoms with E-state index in [9.17, 15) is 4.79 Å². The van der Waals surface area contributed by atoms with E-state index in [1.54, 1.807) is 0 Å². The van der Waals surface area contributed by atoms with Crippen LogP contribution in [0, 0.1) is 0 Å². The summed E-state index contributed by atoms with van der Waals surface area (Å²) in [5.74, 6) is -0.450. The van der Waals surface area contributed by atoms with Gasteiger partial charge in [0.25, 0.3) is 0 Å². The summed E-state index contributed by atoms with van der Waals surface area (Å²) in [5, 5.41) is 0. The minimum atomic E-state index is -0.692. The molecule has 0 aromatic carbocycles. The minimum absolute atomic E-state index is 0.0718. The van der Waals surface area contributed by atoms with Gasteiger partial charge in [-0.3, -0.25) is 10.5 Å². The van der Waals surface area contributed by atoms with Gasteiger partial charge >= 0.3 is 0 Å². The van der Waals surface area contributed by atoms with Crippen LogP contribution >= 0.6 is 0 Å². The molecule has 0 amide bonds. The molecular formula is C4H6N4O. The largest absolute Gasteiger partial charge is 0.381 e. The highest BCUT2D eigenvalue weighted by Crippen LogP contribution is 1.88. The SMILES string of the molecule is NC1=NC(N)N=CC1=O. The van der Waals surface area contributed by atoms with E-state index in [2.05, 4.69) is 9.98 Å². The molecule has 1 aliphatic heterocycles. The van der Waals surface area contributed by atoms with Gasteiger partial charge in [0.15, 0.2) is 12.1 Å². The van der Waals surface area contributed by atoms with Crippen molar-refractivity contribution in [2.45, 2.75) is 6.29 Å². The molecule has 5 nitrogen and oxygen atoms in total. The number of carbonyl (C=O) groups is 1. The molecule has 4 N–H and O–H groups in total. The van der Waals surface area contributed by atoms with Crippen LogP contribution in [0.3, 0.4) is 0 Å². The maximum atomic E-state index is 10.5. The van der Waals surface area contributed by atoms with E-state index in [-0.39, 0.29) is 11.6 Å². The Bertz CT molecular complexity index is 195. The smallest absolute Gasteiger partial charge is 0.238 e. The highest BCUT2D eigenvalue weighted by atomic mass is 16.1. The Morgan fingerprint density at radius 1 is 1.67 bits per heavy atom. The Kier molecular flexibility index (Phi) is 1.27. The van der Waals surface area contributed by atoms with E-state index >= 15 is 0 Å². The first kappa shape index (κ1) is 5.90. The molecule has 0 aromatic rings. The lowest BCUT2D eigenvalue weighted by molar-refractivity contribution is -0.107. The minimum Gasteiger partial charge on any atom is -0.381 e. The Balaban J connectivity index is 2.82. The zero-order valence-electron chi connectivity index (χ0n) is 4.61. The molecule has 0 saturated carbocycles. The van der Waals surface area contributed by atoms with Crippen molar-refractivity contribution in [3.8, 4) is 0 Å². The molecule has 0 radical (unpaired) electrons. The summed E-state index contributed by atoms with van der Waals surface area (Å²) in [6.45, 7) is 0. The third-order valence-electron chi connectivity index (χ3n) is 0.868. The van der Waals surface area contributed by atoms with Crippen LogP contribution in [-0.4, -0.2) is 24.1 Å². The van der Waals surface area contributed by atoms with Gasteiger partial charge in [-0.1, -0.05) is 0 Å². The first-order chi connectivity index (χ1) is 4.20. The maximum Gasteiger partial charge on any atom is 0.238 e. The number of rotatable bonds is 0. The van der Waals surface area contributed by atoms with E-state index < -0.39 is 6.29 Å². The Hall–Kier alpha value is -1.23. The lowest BCUT2D eigenvalue weighted by Crippen LogP contribution is -2.33. The summed E-state index contributed by atoms with van der Waals surface area (Å²) < 4.78 is 0. The summed E-state index contributed by atoms with van der Waals surface area (Å²) in [4.78, 5) is 17.5. The first-order valence-electron chi connectivity index (χ1n) is 2.36. The van der Waals surface area contributed by atoms with Crippen LogP contribution in [0.5, 0.6) is 0 Å². The molecular weight excluding hydrogens is 120 g/mol. The van der Waals surface area contributed by atoms with Gasteiger partial charge in [-0.2, -0.15) is 0 Å². The summed E-state index contributed by atoms with van der Waals surface area (Å²) in [6.07, 6.45) is 0.384. The molecule has 48 valence electrons. The number of amidine groups is 1. The summed E-state index contributed by atoms with van der Waals surface area (Å²) in [6, 6.07) is 0. The molecule has 0 spiro atoms. The summed E-state index contributed by atoms with van der Waals surface area (Å²) in [5.41, 5.74) is 10.3. The third-order valence-corrected chi connectivity index (χ3v) is 0.868. The fourth-order valence-corrected chi connectivity index (χ4v) is 0.450. The number of hydrogen-bond donors (Lipinski definition) is 2. The summed E-state index contributed by atoms with van der Waals surface area (Å²) in [7, 11) is 0. The van der Waals surface area contributed by atoms with Crippen LogP contribution in [0.1, 0.15) is 0 Å². The van der Waals surface area contributed by atoms with Gasteiger partial charge in [0.1, 0.15) is 0 Å². The van der Waals surface area contributed by atoms with Gasteiger partial charge in [-0.25, -0.2) is 9.98 Å². The molecule has 5 heteroatoms. The van der Waals surface area contributed by atoms with Crippen molar-refractivity contribution in [3.05, 3.63) is 0 Å². The van der Waals surface area contributed by atoms with Gasteiger partial charge in [0.05, 0.1) is 6.21 Å². The number of carbonyl (C=O) groups excluding carboxylic acids is 1. The standard InChI is InChI=1S/C4H6N4O/c5-3-2(9)1-7-4(6)8-3/h1,4H,6H2,(H2,5,8). The predicted molar refractivity (Wildman–Crippen MR) is 33.1 cm³/mol. The zero-order valence-corrected chi connectivity index (χ0v) is 4.61. The molecule has 0 aliphatic carbocycles. The number of aliphatic imine (C=N–C) groups is 2. The van der Waals surface area contributed by atoms with E-state index in [0.29, 0.717) is 0 Å². The zero-order chi connectivity index (χ0) is 6.85. The van der Waals surface area contributed by atoms with Crippen molar-refractivity contribution < 1.29 is 4.79 Å². The van der Waals surface area contributed by atoms with Crippen LogP contribution < -0.4 is 11.5 Å². The fourth-order valence-electron chi connectivity index (χ4n) is 0.450. The molecule has 1 rings (SSSR count). The Morgan fingerprint density at radius 3 is 2.78 bits per heavy atom. The van der Waals surface area contributed by atoms with Crippen molar-refractivity contribution in [1.29, 1.82) is 0 Å². The lowest BCUT2D eigenvalue weighted by atomic mass is 10.4. The van der Waals surface area contributed by atoms with Crippen LogP contribution in [0.4, 0.5) is 0 Å². The van der Waals surface area contributed by atoms with Gasteiger partial charge in [0.2, 0.25) is 5.78 Å². The van der Waals surface area contributed by atoms with Gasteiger partial charge < -0.3 is 5.73 Å². The normalized spacial score (nSPS) is 26.1. The van der Waals surface area contributed by atoms with Crippen molar-refractivity contribution in [1.82, 2.24) is 0 Å². The highest BCUT2D eigenvalue weighted by Gasteiger charge is 2.10. The second kappa shape index (κ2) is 1.94. The van der Waals surface area contributed by atoms with E-state index in [0.717, 1.165) is 6.21 Å². The highest BCUT2D eigenvalue weighted by molar-refractivity contribution is 6.60. The summed E-state index contributed by atoms with van der Waals surface area (Å²) >= 11 is 0. The quantitative estimate of drug-likeness (QED) is 0.402. The van der Waals surface area contributed by atoms with Gasteiger partial charge in [-0.15, -0.1) is 0 Å². The van der Waals surface area contributed by atoms with Crippen molar-refractivity contribution in [3.63, 3.8) is 0 Å². The molecule has 0 aromatic heterocycles. The van der Waals surface area contributed by atoms with Crippen LogP contribution in [0.15, 0.2) is 9.98 Å². The molecule has 1 unspecified atom stereocenters. The van der Waals surface area contributed by atoms with Crippen molar-refractivity contribution >= 4 is 17.8 Å². The van der Waals surface area contributed by atoms with Crippen LogP contribution in [0.25, 0.3) is 0 Å². The molecule has 1 atom stereocenters. The first-order valence-corrected chi connectivity index (χ1v) is 2.36. The molecule has 9 heavy (non-hydrogen) atoms. The van der Waals surface area contributed by atoms with Crippen molar-refractivity contribution in [2.75, 3.05) is 0 Å². The van der Waals surface area contributed by atoms with E-state index in [4.69, 9.17) is 11.5 Å². The molecule has 1 heterocycles. The predicted octanol–water partition coefficient (Wildman–Crippen LogP) is -1.76. The number of nitrogens with zero attached hydrogens (tertiary/aromatic N) is 2. The van der Waals surface area contributed by atoms with E-state index in [1.807, 2.05) is 0 Å². The number of ketones is 1. The third kappa shape index (κ3) is 1.11. The molecule has 1 aliphatic rings. The number of nitrogens with two attached hydrogens (primary N) is 2. The van der Waals surface area contributed by atoms with E-state index in [1.165, 1.54) is 0 Å². The van der Waals surface area contributed by atoms with Crippen LogP contribution in [0.2, 0.25) is 0 Å². The average molecular weight is 126 g/mol.